The molecule has 2 amide bonds. The summed E-state index contributed by atoms with van der Waals surface area (Å²) in [4.78, 5) is 27.6. The summed E-state index contributed by atoms with van der Waals surface area (Å²) in [6.07, 6.45) is 8.92. The highest BCUT2D eigenvalue weighted by atomic mass is 16.3. The fourth-order valence-corrected chi connectivity index (χ4v) is 5.15. The monoisotopic (exact) mass is 504 g/mol. The number of carbonyl (C=O) groups excluding carboxylic acids is 2. The third-order valence-electron chi connectivity index (χ3n) is 7.19. The van der Waals surface area contributed by atoms with Crippen LogP contribution >= 0.6 is 0 Å². The van der Waals surface area contributed by atoms with Gasteiger partial charge in [0.2, 0.25) is 5.91 Å². The van der Waals surface area contributed by atoms with Crippen molar-refractivity contribution in [2.24, 2.45) is 5.92 Å². The van der Waals surface area contributed by atoms with E-state index in [0.717, 1.165) is 49.2 Å². The predicted molar refractivity (Wildman–Crippen MR) is 149 cm³/mol. The second kappa shape index (κ2) is 13.4. The number of aliphatic hydroxyl groups is 1. The number of hydrogen-bond acceptors (Lipinski definition) is 5. The summed E-state index contributed by atoms with van der Waals surface area (Å²) in [5.74, 6) is 0.404. The van der Waals surface area contributed by atoms with Gasteiger partial charge in [-0.3, -0.25) is 9.59 Å². The van der Waals surface area contributed by atoms with Gasteiger partial charge >= 0.3 is 0 Å². The molecule has 4 N–H and O–H groups in total. The number of nitrogens with zero attached hydrogens (tertiary/aromatic N) is 1. The zero-order valence-corrected chi connectivity index (χ0v) is 21.8. The van der Waals surface area contributed by atoms with E-state index in [1.54, 1.807) is 11.0 Å². The Labute approximate surface area is 220 Å². The van der Waals surface area contributed by atoms with Crippen molar-refractivity contribution in [2.75, 3.05) is 36.4 Å². The van der Waals surface area contributed by atoms with E-state index in [9.17, 15) is 14.7 Å². The number of anilines is 2. The van der Waals surface area contributed by atoms with Crippen molar-refractivity contribution in [3.8, 4) is 0 Å². The maximum absolute atomic E-state index is 13.5. The highest BCUT2D eigenvalue weighted by Gasteiger charge is 2.26. The Bertz CT molecular complexity index is 1070. The molecule has 1 fully saturated rings. The molecule has 37 heavy (non-hydrogen) atoms. The zero-order chi connectivity index (χ0) is 26.0. The lowest BCUT2D eigenvalue weighted by molar-refractivity contribution is -0.117. The predicted octanol–water partition coefficient (Wildman–Crippen LogP) is 3.89. The molecule has 198 valence electrons. The first-order valence-electron chi connectivity index (χ1n) is 13.6. The Morgan fingerprint density at radius 3 is 2.70 bits per heavy atom. The van der Waals surface area contributed by atoms with E-state index in [-0.39, 0.29) is 11.8 Å². The Morgan fingerprint density at radius 1 is 1.16 bits per heavy atom. The molecule has 1 heterocycles. The first kappa shape index (κ1) is 26.9. The second-order valence-electron chi connectivity index (χ2n) is 10.1. The minimum atomic E-state index is -0.750. The fraction of sp³-hybridized carbons (Fsp3) is 0.467. The summed E-state index contributed by atoms with van der Waals surface area (Å²) in [6, 6.07) is 15.0. The number of aliphatic hydroxyl groups excluding tert-OH is 1. The Hall–Kier alpha value is -3.16. The molecule has 3 atom stereocenters. The molecule has 2 aromatic carbocycles. The number of amides is 2. The van der Waals surface area contributed by atoms with E-state index in [0.29, 0.717) is 44.0 Å². The average Bonchev–Trinajstić information content (AvgIpc) is 3.35. The van der Waals surface area contributed by atoms with Gasteiger partial charge < -0.3 is 26.0 Å². The van der Waals surface area contributed by atoms with Crippen molar-refractivity contribution in [3.63, 3.8) is 0 Å². The van der Waals surface area contributed by atoms with Crippen molar-refractivity contribution >= 4 is 23.2 Å². The van der Waals surface area contributed by atoms with E-state index in [4.69, 9.17) is 0 Å². The maximum Gasteiger partial charge on any atom is 0.251 e. The lowest BCUT2D eigenvalue weighted by atomic mass is 9.94. The molecule has 1 aliphatic carbocycles. The molecule has 0 radical (unpaired) electrons. The van der Waals surface area contributed by atoms with Crippen molar-refractivity contribution in [3.05, 3.63) is 71.8 Å². The van der Waals surface area contributed by atoms with Gasteiger partial charge in [0, 0.05) is 43.0 Å². The molecule has 0 spiro atoms. The van der Waals surface area contributed by atoms with Crippen LogP contribution in [0.25, 0.3) is 0 Å². The van der Waals surface area contributed by atoms with E-state index < -0.39 is 12.1 Å². The smallest absolute Gasteiger partial charge is 0.251 e. The molecular formula is C30H40N4O3. The van der Waals surface area contributed by atoms with Crippen LogP contribution in [0.5, 0.6) is 0 Å². The number of rotatable bonds is 12. The SMILES string of the molecule is CCNc1cc(C(=O)N[C@@H](Cc2ccccc2)[C@H](O)CNCC2CC=CCC2)cc(N2CCCC2=O)c1. The topological polar surface area (TPSA) is 93.7 Å². The van der Waals surface area contributed by atoms with Crippen LogP contribution < -0.4 is 20.9 Å². The van der Waals surface area contributed by atoms with Crippen LogP contribution in [-0.4, -0.2) is 55.2 Å². The minimum absolute atomic E-state index is 0.0805. The quantitative estimate of drug-likeness (QED) is 0.329. The normalized spacial score (nSPS) is 19.0. The largest absolute Gasteiger partial charge is 0.390 e. The van der Waals surface area contributed by atoms with Crippen LogP contribution in [0.15, 0.2) is 60.7 Å². The number of nitrogens with one attached hydrogen (secondary N) is 3. The molecule has 2 aromatic rings. The lowest BCUT2D eigenvalue weighted by Crippen LogP contribution is -2.49. The first-order valence-corrected chi connectivity index (χ1v) is 13.6. The standard InChI is InChI=1S/C30H40N4O3/c1-2-32-25-17-24(18-26(19-25)34-15-9-14-29(34)36)30(37)33-27(16-22-10-5-3-6-11-22)28(35)21-31-20-23-12-7-4-8-13-23/h3-7,10-11,17-19,23,27-28,31-32,35H,2,8-9,12-16,20-21H2,1H3,(H,33,37)/t23?,27-,28+/m0/s1. The maximum atomic E-state index is 13.5. The Balaban J connectivity index is 1.48. The number of allylic oxidation sites excluding steroid dienone is 2. The molecule has 4 rings (SSSR count). The van der Waals surface area contributed by atoms with Crippen molar-refractivity contribution in [1.29, 1.82) is 0 Å². The fourth-order valence-electron chi connectivity index (χ4n) is 5.15. The summed E-state index contributed by atoms with van der Waals surface area (Å²) in [6.45, 7) is 4.62. The van der Waals surface area contributed by atoms with Crippen LogP contribution in [0.2, 0.25) is 0 Å². The van der Waals surface area contributed by atoms with Crippen LogP contribution in [0, 0.1) is 5.92 Å². The number of hydrogen-bond donors (Lipinski definition) is 4. The van der Waals surface area contributed by atoms with Gasteiger partial charge in [-0.05, 0) is 75.3 Å². The molecule has 0 bridgehead atoms. The van der Waals surface area contributed by atoms with Gasteiger partial charge in [0.05, 0.1) is 12.1 Å². The van der Waals surface area contributed by atoms with Crippen LogP contribution in [-0.2, 0) is 11.2 Å². The molecule has 0 saturated carbocycles. The summed E-state index contributed by atoms with van der Waals surface area (Å²) in [5.41, 5.74) is 3.05. The molecule has 2 aliphatic rings. The molecule has 1 unspecified atom stereocenters. The molecule has 0 aromatic heterocycles. The minimum Gasteiger partial charge on any atom is -0.390 e. The highest BCUT2D eigenvalue weighted by Crippen LogP contribution is 2.27. The third-order valence-corrected chi connectivity index (χ3v) is 7.19. The lowest BCUT2D eigenvalue weighted by Gasteiger charge is -2.26. The Kier molecular flexibility index (Phi) is 9.74. The summed E-state index contributed by atoms with van der Waals surface area (Å²) >= 11 is 0. The van der Waals surface area contributed by atoms with Gasteiger partial charge in [-0.25, -0.2) is 0 Å². The van der Waals surface area contributed by atoms with E-state index in [2.05, 4.69) is 28.1 Å². The Morgan fingerprint density at radius 2 is 2.00 bits per heavy atom. The molecule has 7 nitrogen and oxygen atoms in total. The zero-order valence-electron chi connectivity index (χ0n) is 21.8. The first-order chi connectivity index (χ1) is 18.0. The van der Waals surface area contributed by atoms with Crippen LogP contribution in [0.1, 0.15) is 54.9 Å². The van der Waals surface area contributed by atoms with E-state index in [1.807, 2.05) is 49.4 Å². The third kappa shape index (κ3) is 7.66. The van der Waals surface area contributed by atoms with E-state index in [1.165, 1.54) is 0 Å². The molecule has 1 aliphatic heterocycles. The summed E-state index contributed by atoms with van der Waals surface area (Å²) in [5, 5.41) is 20.9. The summed E-state index contributed by atoms with van der Waals surface area (Å²) in [7, 11) is 0. The molecule has 1 saturated heterocycles. The summed E-state index contributed by atoms with van der Waals surface area (Å²) < 4.78 is 0. The van der Waals surface area contributed by atoms with Gasteiger partial charge in [-0.15, -0.1) is 0 Å². The van der Waals surface area contributed by atoms with Crippen molar-refractivity contribution in [1.82, 2.24) is 10.6 Å². The molecular weight excluding hydrogens is 464 g/mol. The van der Waals surface area contributed by atoms with E-state index >= 15 is 0 Å². The van der Waals surface area contributed by atoms with Gasteiger partial charge in [0.1, 0.15) is 0 Å². The van der Waals surface area contributed by atoms with Gasteiger partial charge in [0.15, 0.2) is 0 Å². The molecule has 7 heteroatoms. The van der Waals surface area contributed by atoms with Gasteiger partial charge in [-0.2, -0.15) is 0 Å². The van der Waals surface area contributed by atoms with Crippen LogP contribution in [0.3, 0.4) is 0 Å². The van der Waals surface area contributed by atoms with Crippen molar-refractivity contribution in [2.45, 2.75) is 57.6 Å². The van der Waals surface area contributed by atoms with Gasteiger partial charge in [0.25, 0.3) is 5.91 Å². The average molecular weight is 505 g/mol. The number of benzene rings is 2. The van der Waals surface area contributed by atoms with Crippen molar-refractivity contribution < 1.29 is 14.7 Å². The van der Waals surface area contributed by atoms with Crippen LogP contribution in [0.4, 0.5) is 11.4 Å². The second-order valence-corrected chi connectivity index (χ2v) is 10.1. The van der Waals surface area contributed by atoms with Gasteiger partial charge in [-0.1, -0.05) is 42.5 Å². The number of carbonyl (C=O) groups is 2. The highest BCUT2D eigenvalue weighted by molar-refractivity contribution is 6.00.